The van der Waals surface area contributed by atoms with Gasteiger partial charge in [-0.15, -0.1) is 11.3 Å². The highest BCUT2D eigenvalue weighted by atomic mass is 127. The Morgan fingerprint density at radius 2 is 2.04 bits per heavy atom. The first-order valence-corrected chi connectivity index (χ1v) is 10.0. The van der Waals surface area contributed by atoms with Gasteiger partial charge in [0.25, 0.3) is 5.91 Å². The van der Waals surface area contributed by atoms with Crippen LogP contribution in [0.25, 0.3) is 11.3 Å². The molecule has 1 N–H and O–H groups in total. The molecule has 0 atom stereocenters. The van der Waals surface area contributed by atoms with Crippen molar-refractivity contribution in [3.63, 3.8) is 0 Å². The lowest BCUT2D eigenvalue weighted by Gasteiger charge is -2.07. The first-order valence-electron chi connectivity index (χ1n) is 7.71. The molecular weight excluding hydrogens is 469 g/mol. The van der Waals surface area contributed by atoms with Crippen molar-refractivity contribution in [2.75, 3.05) is 6.54 Å². The smallest absolute Gasteiger partial charge is 0.252 e. The molecule has 7 heteroatoms. The van der Waals surface area contributed by atoms with Crippen LogP contribution in [0.2, 0.25) is 5.02 Å². The molecule has 4 nitrogen and oxygen atoms in total. The molecule has 0 aliphatic heterocycles. The van der Waals surface area contributed by atoms with Crippen molar-refractivity contribution in [3.05, 3.63) is 67.3 Å². The monoisotopic (exact) mass is 483 g/mol. The first-order chi connectivity index (χ1) is 12.1. The normalized spacial score (nSPS) is 10.6. The molecule has 0 saturated carbocycles. The summed E-state index contributed by atoms with van der Waals surface area (Å²) in [6, 6.07) is 9.22. The average molecular weight is 484 g/mol. The Morgan fingerprint density at radius 3 is 2.84 bits per heavy atom. The minimum Gasteiger partial charge on any atom is -0.352 e. The van der Waals surface area contributed by atoms with Gasteiger partial charge in [0, 0.05) is 44.9 Å². The standard InChI is InChI=1S/C18H15ClIN3OS/c19-13-3-4-15(20)14(10-13)18(24)22-7-1-2-17-23-16(11-25-17)12-5-8-21-9-6-12/h3-6,8-11H,1-2,7H2,(H,22,24). The molecule has 1 amide bonds. The van der Waals surface area contributed by atoms with Crippen LogP contribution >= 0.6 is 45.5 Å². The van der Waals surface area contributed by atoms with Crippen LogP contribution in [0.15, 0.2) is 48.1 Å². The molecule has 0 radical (unpaired) electrons. The Balaban J connectivity index is 1.50. The quantitative estimate of drug-likeness (QED) is 0.404. The fourth-order valence-corrected chi connectivity index (χ4v) is 3.89. The van der Waals surface area contributed by atoms with Gasteiger partial charge < -0.3 is 5.32 Å². The topological polar surface area (TPSA) is 54.9 Å². The lowest BCUT2D eigenvalue weighted by Crippen LogP contribution is -2.25. The number of nitrogens with one attached hydrogen (secondary N) is 1. The summed E-state index contributed by atoms with van der Waals surface area (Å²) >= 11 is 9.74. The predicted octanol–water partition coefficient (Wildman–Crippen LogP) is 4.83. The fraction of sp³-hybridized carbons (Fsp3) is 0.167. The zero-order valence-corrected chi connectivity index (χ0v) is 16.9. The lowest BCUT2D eigenvalue weighted by atomic mass is 10.2. The molecule has 2 aromatic heterocycles. The second-order valence-corrected chi connectivity index (χ2v) is 7.89. The van der Waals surface area contributed by atoms with Crippen LogP contribution in [0.5, 0.6) is 0 Å². The maximum absolute atomic E-state index is 12.2. The third-order valence-corrected chi connectivity index (χ3v) is 5.64. The number of rotatable bonds is 6. The first kappa shape index (κ1) is 18.3. The van der Waals surface area contributed by atoms with Crippen LogP contribution in [-0.4, -0.2) is 22.4 Å². The van der Waals surface area contributed by atoms with E-state index in [1.165, 1.54) is 0 Å². The summed E-state index contributed by atoms with van der Waals surface area (Å²) in [6.45, 7) is 0.603. The molecule has 2 heterocycles. The molecule has 0 saturated heterocycles. The van der Waals surface area contributed by atoms with E-state index in [9.17, 15) is 4.79 Å². The average Bonchev–Trinajstić information content (AvgIpc) is 3.10. The Bertz CT molecular complexity index is 870. The summed E-state index contributed by atoms with van der Waals surface area (Å²) in [5, 5.41) is 6.63. The molecule has 0 aliphatic carbocycles. The van der Waals surface area contributed by atoms with Crippen LogP contribution in [0.3, 0.4) is 0 Å². The van der Waals surface area contributed by atoms with E-state index < -0.39 is 0 Å². The van der Waals surface area contributed by atoms with Crippen molar-refractivity contribution >= 4 is 51.4 Å². The Hall–Kier alpha value is -1.51. The Labute approximate surface area is 168 Å². The zero-order valence-electron chi connectivity index (χ0n) is 13.2. The number of aromatic nitrogens is 2. The van der Waals surface area contributed by atoms with Crippen molar-refractivity contribution in [1.82, 2.24) is 15.3 Å². The molecule has 3 aromatic rings. The molecule has 3 rings (SSSR count). The minimum atomic E-state index is -0.0940. The number of thiazole rings is 1. The molecule has 0 aliphatic rings. The number of nitrogens with zero attached hydrogens (tertiary/aromatic N) is 2. The van der Waals surface area contributed by atoms with Gasteiger partial charge in [-0.1, -0.05) is 11.6 Å². The van der Waals surface area contributed by atoms with Crippen LogP contribution in [0.1, 0.15) is 21.8 Å². The van der Waals surface area contributed by atoms with Gasteiger partial charge in [0.05, 0.1) is 16.3 Å². The number of aryl methyl sites for hydroxylation is 1. The number of carbonyl (C=O) groups is 1. The third kappa shape index (κ3) is 4.99. The van der Waals surface area contributed by atoms with E-state index >= 15 is 0 Å². The molecular formula is C18H15ClIN3OS. The highest BCUT2D eigenvalue weighted by Gasteiger charge is 2.10. The maximum Gasteiger partial charge on any atom is 0.252 e. The Kier molecular flexibility index (Phi) is 6.39. The van der Waals surface area contributed by atoms with Crippen molar-refractivity contribution in [3.8, 4) is 11.3 Å². The molecule has 1 aromatic carbocycles. The van der Waals surface area contributed by atoms with E-state index in [0.717, 1.165) is 32.7 Å². The number of pyridine rings is 1. The zero-order chi connectivity index (χ0) is 17.6. The van der Waals surface area contributed by atoms with Crippen LogP contribution in [-0.2, 0) is 6.42 Å². The van der Waals surface area contributed by atoms with Gasteiger partial charge in [-0.25, -0.2) is 4.98 Å². The summed E-state index contributed by atoms with van der Waals surface area (Å²) < 4.78 is 0.890. The van der Waals surface area contributed by atoms with E-state index in [2.05, 4.69) is 43.3 Å². The molecule has 0 bridgehead atoms. The minimum absolute atomic E-state index is 0.0940. The van der Waals surface area contributed by atoms with Crippen molar-refractivity contribution in [1.29, 1.82) is 0 Å². The number of halogens is 2. The van der Waals surface area contributed by atoms with Gasteiger partial charge in [-0.3, -0.25) is 9.78 Å². The number of amides is 1. The van der Waals surface area contributed by atoms with Gasteiger partial charge >= 0.3 is 0 Å². The van der Waals surface area contributed by atoms with E-state index in [1.54, 1.807) is 35.9 Å². The SMILES string of the molecule is O=C(NCCCc1nc(-c2ccncc2)cs1)c1cc(Cl)ccc1I. The molecule has 0 fully saturated rings. The molecule has 128 valence electrons. The lowest BCUT2D eigenvalue weighted by molar-refractivity contribution is 0.0952. The molecule has 0 unspecified atom stereocenters. The van der Waals surface area contributed by atoms with Crippen LogP contribution < -0.4 is 5.32 Å². The second kappa shape index (κ2) is 8.73. The summed E-state index contributed by atoms with van der Waals surface area (Å²) in [7, 11) is 0. The van der Waals surface area contributed by atoms with E-state index in [-0.39, 0.29) is 5.91 Å². The van der Waals surface area contributed by atoms with Gasteiger partial charge in [0.15, 0.2) is 0 Å². The van der Waals surface area contributed by atoms with E-state index in [1.807, 2.05) is 18.2 Å². The summed E-state index contributed by atoms with van der Waals surface area (Å²) in [6.07, 6.45) is 5.21. The number of benzene rings is 1. The largest absolute Gasteiger partial charge is 0.352 e. The predicted molar refractivity (Wildman–Crippen MR) is 110 cm³/mol. The van der Waals surface area contributed by atoms with E-state index in [4.69, 9.17) is 11.6 Å². The molecule has 25 heavy (non-hydrogen) atoms. The van der Waals surface area contributed by atoms with Crippen LogP contribution in [0, 0.1) is 3.57 Å². The third-order valence-electron chi connectivity index (χ3n) is 3.55. The maximum atomic E-state index is 12.2. The Morgan fingerprint density at radius 1 is 1.24 bits per heavy atom. The number of carbonyl (C=O) groups excluding carboxylic acids is 1. The van der Waals surface area contributed by atoms with Gasteiger partial charge in [-0.05, 0) is 59.3 Å². The summed E-state index contributed by atoms with van der Waals surface area (Å²) in [5.74, 6) is -0.0940. The van der Waals surface area contributed by atoms with Gasteiger partial charge in [0.1, 0.15) is 0 Å². The second-order valence-electron chi connectivity index (χ2n) is 5.35. The van der Waals surface area contributed by atoms with Crippen molar-refractivity contribution in [2.45, 2.75) is 12.8 Å². The highest BCUT2D eigenvalue weighted by Crippen LogP contribution is 2.22. The number of hydrogen-bond acceptors (Lipinski definition) is 4. The van der Waals surface area contributed by atoms with E-state index in [0.29, 0.717) is 17.1 Å². The van der Waals surface area contributed by atoms with Gasteiger partial charge in [-0.2, -0.15) is 0 Å². The van der Waals surface area contributed by atoms with Crippen LogP contribution in [0.4, 0.5) is 0 Å². The fourth-order valence-electron chi connectivity index (χ4n) is 2.29. The van der Waals surface area contributed by atoms with Crippen molar-refractivity contribution < 1.29 is 4.79 Å². The number of hydrogen-bond donors (Lipinski definition) is 1. The molecule has 0 spiro atoms. The summed E-state index contributed by atoms with van der Waals surface area (Å²) in [5.41, 5.74) is 2.66. The highest BCUT2D eigenvalue weighted by molar-refractivity contribution is 14.1. The van der Waals surface area contributed by atoms with Crippen molar-refractivity contribution in [2.24, 2.45) is 0 Å². The summed E-state index contributed by atoms with van der Waals surface area (Å²) in [4.78, 5) is 20.9. The van der Waals surface area contributed by atoms with Gasteiger partial charge in [0.2, 0.25) is 0 Å².